The minimum absolute atomic E-state index is 0.176. The van der Waals surface area contributed by atoms with Crippen LogP contribution in [0.3, 0.4) is 0 Å². The molecule has 14 rings (SSSR count). The first-order valence-electron chi connectivity index (χ1n) is 25.3. The molecule has 2 heteroatoms. The lowest BCUT2D eigenvalue weighted by atomic mass is 9.73. The number of hydrogen-bond donors (Lipinski definition) is 0. The van der Waals surface area contributed by atoms with Crippen LogP contribution in [0.4, 0.5) is 34.1 Å². The third-order valence-electron chi connectivity index (χ3n) is 16.2. The lowest BCUT2D eigenvalue weighted by Gasteiger charge is -2.42. The first-order valence-corrected chi connectivity index (χ1v) is 25.3. The summed E-state index contributed by atoms with van der Waals surface area (Å²) < 4.78 is 0. The van der Waals surface area contributed by atoms with E-state index in [0.29, 0.717) is 0 Å². The first-order chi connectivity index (χ1) is 35.3. The van der Waals surface area contributed by atoms with Crippen LogP contribution >= 0.6 is 0 Å². The van der Waals surface area contributed by atoms with Crippen molar-refractivity contribution >= 4 is 77.2 Å². The zero-order valence-electron chi connectivity index (χ0n) is 41.0. The zero-order valence-corrected chi connectivity index (χ0v) is 41.0. The van der Waals surface area contributed by atoms with Crippen LogP contribution in [0.5, 0.6) is 0 Å². The Morgan fingerprint density at radius 3 is 1.15 bits per heavy atom. The van der Waals surface area contributed by atoms with E-state index >= 15 is 0 Å². The molecule has 0 radical (unpaired) electrons. The van der Waals surface area contributed by atoms with Crippen molar-refractivity contribution in [3.8, 4) is 33.4 Å². The number of benzene rings is 12. The molecule has 2 aliphatic rings. The standard InChI is InChI=1S/C70H52N2/c1-69(2)59-29-12-16-33-63(59)71(64-34-17-13-30-60(64)69)49-38-40-54-57(43-49)67(52-28-20-26-45-23-10-11-27-51(45)52)53-39-37-50(72-65-35-18-14-31-61(65)70(3,4)62-32-15-19-36-66(62)72)44-58(53)68(54)56-42-48-25-9-8-24-47(48)41-55(56)46-21-6-5-7-22-46/h5-44H,1-4H3. The molecule has 12 aromatic rings. The molecule has 0 N–H and O–H groups in total. The monoisotopic (exact) mass is 920 g/mol. The van der Waals surface area contributed by atoms with Crippen LogP contribution in [0.25, 0.3) is 76.5 Å². The van der Waals surface area contributed by atoms with E-state index in [9.17, 15) is 0 Å². The van der Waals surface area contributed by atoms with Crippen molar-refractivity contribution in [2.24, 2.45) is 0 Å². The smallest absolute Gasteiger partial charge is 0.0502 e. The van der Waals surface area contributed by atoms with Crippen molar-refractivity contribution in [1.29, 1.82) is 0 Å². The quantitative estimate of drug-likeness (QED) is 0.159. The summed E-state index contributed by atoms with van der Waals surface area (Å²) in [6, 6.07) is 91.0. The van der Waals surface area contributed by atoms with Crippen LogP contribution in [0.1, 0.15) is 49.9 Å². The van der Waals surface area contributed by atoms with E-state index < -0.39 is 0 Å². The molecule has 0 amide bonds. The predicted octanol–water partition coefficient (Wildman–Crippen LogP) is 19.5. The van der Waals surface area contributed by atoms with Crippen molar-refractivity contribution in [3.05, 3.63) is 265 Å². The molecule has 0 unspecified atom stereocenters. The van der Waals surface area contributed by atoms with E-state index in [0.717, 1.165) is 11.4 Å². The fourth-order valence-corrected chi connectivity index (χ4v) is 12.7. The van der Waals surface area contributed by atoms with Gasteiger partial charge in [-0.15, -0.1) is 0 Å². The van der Waals surface area contributed by atoms with Gasteiger partial charge < -0.3 is 9.80 Å². The summed E-state index contributed by atoms with van der Waals surface area (Å²) in [5.74, 6) is 0. The van der Waals surface area contributed by atoms with Gasteiger partial charge in [0, 0.05) is 22.2 Å². The van der Waals surface area contributed by atoms with Gasteiger partial charge in [0.15, 0.2) is 0 Å². The van der Waals surface area contributed by atoms with Gasteiger partial charge in [-0.3, -0.25) is 0 Å². The van der Waals surface area contributed by atoms with E-state index in [-0.39, 0.29) is 10.8 Å². The van der Waals surface area contributed by atoms with Gasteiger partial charge in [-0.05, 0) is 159 Å². The molecule has 0 fully saturated rings. The highest BCUT2D eigenvalue weighted by Gasteiger charge is 2.38. The average molecular weight is 921 g/mol. The largest absolute Gasteiger partial charge is 0.310 e. The van der Waals surface area contributed by atoms with Crippen LogP contribution < -0.4 is 9.80 Å². The Morgan fingerprint density at radius 1 is 0.264 bits per heavy atom. The summed E-state index contributed by atoms with van der Waals surface area (Å²) in [4.78, 5) is 5.02. The lowest BCUT2D eigenvalue weighted by Crippen LogP contribution is -2.30. The summed E-state index contributed by atoms with van der Waals surface area (Å²) in [5.41, 5.74) is 19.3. The summed E-state index contributed by atoms with van der Waals surface area (Å²) in [7, 11) is 0. The van der Waals surface area contributed by atoms with Gasteiger partial charge in [0.1, 0.15) is 0 Å². The molecule has 0 bridgehead atoms. The molecule has 72 heavy (non-hydrogen) atoms. The Kier molecular flexibility index (Phi) is 9.32. The highest BCUT2D eigenvalue weighted by atomic mass is 15.2. The van der Waals surface area contributed by atoms with Crippen LogP contribution in [0, 0.1) is 0 Å². The molecule has 342 valence electrons. The number of fused-ring (bicyclic) bond motifs is 8. The van der Waals surface area contributed by atoms with E-state index in [1.807, 2.05) is 0 Å². The third-order valence-corrected chi connectivity index (χ3v) is 16.2. The Bertz CT molecular complexity index is 4070. The van der Waals surface area contributed by atoms with E-state index in [2.05, 4.69) is 280 Å². The molecule has 2 nitrogen and oxygen atoms in total. The minimum atomic E-state index is -0.179. The minimum Gasteiger partial charge on any atom is -0.310 e. The molecule has 2 heterocycles. The van der Waals surface area contributed by atoms with Crippen LogP contribution in [0.2, 0.25) is 0 Å². The lowest BCUT2D eigenvalue weighted by molar-refractivity contribution is 0.632. The third kappa shape index (κ3) is 6.22. The zero-order chi connectivity index (χ0) is 48.3. The molecule has 0 saturated carbocycles. The molecule has 0 spiro atoms. The fourth-order valence-electron chi connectivity index (χ4n) is 12.7. The summed E-state index contributed by atoms with van der Waals surface area (Å²) in [6.45, 7) is 9.46. The fraction of sp³-hybridized carbons (Fsp3) is 0.0857. The van der Waals surface area contributed by atoms with Gasteiger partial charge in [0.25, 0.3) is 0 Å². The molecule has 0 saturated heterocycles. The Morgan fingerprint density at radius 2 is 0.653 bits per heavy atom. The van der Waals surface area contributed by atoms with E-state index in [4.69, 9.17) is 0 Å². The van der Waals surface area contributed by atoms with Crippen LogP contribution in [0.15, 0.2) is 243 Å². The second kappa shape index (κ2) is 15.9. The summed E-state index contributed by atoms with van der Waals surface area (Å²) >= 11 is 0. The molecule has 12 aromatic carbocycles. The summed E-state index contributed by atoms with van der Waals surface area (Å²) in [5, 5.41) is 9.72. The topological polar surface area (TPSA) is 6.48 Å². The number of para-hydroxylation sites is 4. The number of hydrogen-bond acceptors (Lipinski definition) is 2. The summed E-state index contributed by atoms with van der Waals surface area (Å²) in [6.07, 6.45) is 0. The van der Waals surface area contributed by atoms with Crippen molar-refractivity contribution in [2.75, 3.05) is 9.80 Å². The highest BCUT2D eigenvalue weighted by molar-refractivity contribution is 6.26. The Balaban J connectivity index is 1.15. The normalized spacial score (nSPS) is 14.3. The van der Waals surface area contributed by atoms with Crippen molar-refractivity contribution in [2.45, 2.75) is 38.5 Å². The maximum Gasteiger partial charge on any atom is 0.0502 e. The Hall–Kier alpha value is -8.72. The van der Waals surface area contributed by atoms with Gasteiger partial charge in [-0.25, -0.2) is 0 Å². The molecular weight excluding hydrogens is 869 g/mol. The number of anilines is 6. The van der Waals surface area contributed by atoms with Crippen molar-refractivity contribution < 1.29 is 0 Å². The number of nitrogens with zero attached hydrogens (tertiary/aromatic N) is 2. The van der Waals surface area contributed by atoms with Gasteiger partial charge in [0.05, 0.1) is 22.7 Å². The van der Waals surface area contributed by atoms with E-state index in [1.165, 1.54) is 121 Å². The van der Waals surface area contributed by atoms with Crippen molar-refractivity contribution in [1.82, 2.24) is 0 Å². The average Bonchev–Trinajstić information content (AvgIpc) is 3.42. The van der Waals surface area contributed by atoms with Gasteiger partial charge in [-0.2, -0.15) is 0 Å². The second-order valence-corrected chi connectivity index (χ2v) is 20.8. The van der Waals surface area contributed by atoms with Crippen molar-refractivity contribution in [3.63, 3.8) is 0 Å². The van der Waals surface area contributed by atoms with Gasteiger partial charge >= 0.3 is 0 Å². The van der Waals surface area contributed by atoms with Crippen LogP contribution in [-0.2, 0) is 10.8 Å². The van der Waals surface area contributed by atoms with E-state index in [1.54, 1.807) is 0 Å². The van der Waals surface area contributed by atoms with Crippen LogP contribution in [-0.4, -0.2) is 0 Å². The molecule has 2 aliphatic heterocycles. The molecule has 0 aromatic heterocycles. The second-order valence-electron chi connectivity index (χ2n) is 20.8. The Labute approximate surface area is 421 Å². The molecular formula is C70H52N2. The maximum absolute atomic E-state index is 2.51. The molecule has 0 aliphatic carbocycles. The molecule has 0 atom stereocenters. The predicted molar refractivity (Wildman–Crippen MR) is 306 cm³/mol. The van der Waals surface area contributed by atoms with Gasteiger partial charge in [-0.1, -0.05) is 210 Å². The SMILES string of the molecule is CC1(C)c2ccccc2N(c2ccc3c(-c4cccc5ccccc45)c4cc(N5c6ccccc6C(C)(C)c6ccccc65)ccc4c(-c4cc5ccccc5cc4-c4ccccc4)c3c2)c2ccccc21. The number of rotatable bonds is 5. The van der Waals surface area contributed by atoms with Gasteiger partial charge in [0.2, 0.25) is 0 Å². The highest BCUT2D eigenvalue weighted by Crippen LogP contribution is 2.56. The maximum atomic E-state index is 2.51. The first kappa shape index (κ1) is 42.2.